The molecule has 0 saturated heterocycles. The van der Waals surface area contributed by atoms with E-state index in [9.17, 15) is 4.79 Å². The largest absolute Gasteiger partial charge is 0.281 e. The Hall–Kier alpha value is -0.820. The van der Waals surface area contributed by atoms with Crippen molar-refractivity contribution in [2.45, 2.75) is 19.8 Å². The minimum atomic E-state index is -0.238. The molecule has 0 fully saturated rings. The van der Waals surface area contributed by atoms with Gasteiger partial charge in [0.05, 0.1) is 0 Å². The molecule has 0 spiro atoms. The van der Waals surface area contributed by atoms with Gasteiger partial charge in [0, 0.05) is 6.42 Å². The van der Waals surface area contributed by atoms with Crippen LogP contribution in [0.3, 0.4) is 0 Å². The Morgan fingerprint density at radius 3 is 2.08 bits per heavy atom. The van der Waals surface area contributed by atoms with Gasteiger partial charge in [0.2, 0.25) is 5.24 Å². The highest BCUT2D eigenvalue weighted by Crippen LogP contribution is 2.32. The van der Waals surface area contributed by atoms with Gasteiger partial charge in [-0.1, -0.05) is 25.1 Å². The number of fused-ring (bicyclic) bond motifs is 1. The van der Waals surface area contributed by atoms with Gasteiger partial charge in [-0.15, -0.1) is 0 Å². The van der Waals surface area contributed by atoms with Gasteiger partial charge in [0.1, 0.15) is 0 Å². The molecule has 0 aliphatic heterocycles. The van der Waals surface area contributed by atoms with Crippen LogP contribution in [0.2, 0.25) is 0 Å². The van der Waals surface area contributed by atoms with Crippen LogP contribution in [0.1, 0.15) is 19.8 Å². The van der Waals surface area contributed by atoms with Gasteiger partial charge >= 0.3 is 0 Å². The van der Waals surface area contributed by atoms with Crippen LogP contribution in [-0.2, 0) is 4.79 Å². The fraction of sp³-hybridized carbons (Fsp3) is 0.300. The molecule has 0 saturated carbocycles. The van der Waals surface area contributed by atoms with Crippen LogP contribution in [0.5, 0.6) is 0 Å². The predicted octanol–water partition coefficient (Wildman–Crippen LogP) is 3.22. The Morgan fingerprint density at radius 1 is 1.42 bits per heavy atom. The number of benzene rings is 1. The molecule has 0 amide bonds. The maximum Gasteiger partial charge on any atom is 0.221 e. The zero-order valence-electron chi connectivity index (χ0n) is 7.01. The van der Waals surface area contributed by atoms with E-state index < -0.39 is 0 Å². The smallest absolute Gasteiger partial charge is 0.221 e. The first kappa shape index (κ1) is 9.27. The van der Waals surface area contributed by atoms with Gasteiger partial charge in [-0.3, -0.25) is 4.79 Å². The maximum atomic E-state index is 9.81. The lowest BCUT2D eigenvalue weighted by Gasteiger charge is -1.77. The second-order valence-electron chi connectivity index (χ2n) is 2.69. The zero-order valence-corrected chi connectivity index (χ0v) is 7.77. The summed E-state index contributed by atoms with van der Waals surface area (Å²) >= 11 is 4.94. The summed E-state index contributed by atoms with van der Waals surface area (Å²) in [6.45, 7) is 1.92. The van der Waals surface area contributed by atoms with Crippen LogP contribution in [0.25, 0.3) is 11.1 Å². The highest BCUT2D eigenvalue weighted by atomic mass is 35.5. The highest BCUT2D eigenvalue weighted by Gasteiger charge is 2.06. The van der Waals surface area contributed by atoms with E-state index in [0.717, 1.165) is 6.42 Å². The average Bonchev–Trinajstić information content (AvgIpc) is 2.60. The molecular weight excluding hydrogens is 172 g/mol. The van der Waals surface area contributed by atoms with Crippen LogP contribution in [0, 0.1) is 0 Å². The Bertz CT molecular complexity index is 264. The molecule has 0 aromatic carbocycles. The molecule has 64 valence electrons. The van der Waals surface area contributed by atoms with E-state index >= 15 is 0 Å². The molecule has 0 N–H and O–H groups in total. The third kappa shape index (κ3) is 3.05. The average molecular weight is 183 g/mol. The Balaban J connectivity index is 0.000000120. The second-order valence-corrected chi connectivity index (χ2v) is 3.11. The second kappa shape index (κ2) is 4.27. The van der Waals surface area contributed by atoms with E-state index in [-0.39, 0.29) is 5.24 Å². The molecule has 0 bridgehead atoms. The van der Waals surface area contributed by atoms with Crippen LogP contribution in [-0.4, -0.2) is 5.24 Å². The molecule has 0 atom stereocenters. The summed E-state index contributed by atoms with van der Waals surface area (Å²) in [5.41, 5.74) is 2.85. The first-order valence-electron chi connectivity index (χ1n) is 4.03. The SMILES string of the molecule is CCCC(=O)Cl.c1cc2cc-2c1. The third-order valence-electron chi connectivity index (χ3n) is 1.56. The van der Waals surface area contributed by atoms with Gasteiger partial charge in [-0.05, 0) is 35.2 Å². The van der Waals surface area contributed by atoms with E-state index in [2.05, 4.69) is 24.3 Å². The number of carbonyl (C=O) groups is 1. The summed E-state index contributed by atoms with van der Waals surface area (Å²) < 4.78 is 0. The van der Waals surface area contributed by atoms with Crippen molar-refractivity contribution in [3.8, 4) is 11.1 Å². The van der Waals surface area contributed by atoms with Crippen molar-refractivity contribution in [1.82, 2.24) is 0 Å². The van der Waals surface area contributed by atoms with Crippen molar-refractivity contribution < 1.29 is 4.79 Å². The van der Waals surface area contributed by atoms with E-state index in [1.807, 2.05) is 6.92 Å². The summed E-state index contributed by atoms with van der Waals surface area (Å²) in [4.78, 5) is 9.81. The highest BCUT2D eigenvalue weighted by molar-refractivity contribution is 6.63. The van der Waals surface area contributed by atoms with E-state index in [1.54, 1.807) is 0 Å². The van der Waals surface area contributed by atoms with Gasteiger partial charge in [-0.2, -0.15) is 0 Å². The number of rotatable bonds is 2. The molecule has 2 aliphatic rings. The quantitative estimate of drug-likeness (QED) is 0.652. The molecule has 0 unspecified atom stereocenters. The minimum absolute atomic E-state index is 0.238. The van der Waals surface area contributed by atoms with Gasteiger partial charge in [0.15, 0.2) is 0 Å². The molecule has 0 aromatic rings. The van der Waals surface area contributed by atoms with Crippen LogP contribution in [0.15, 0.2) is 24.3 Å². The molecule has 0 heterocycles. The Kier molecular flexibility index (Phi) is 3.30. The lowest BCUT2D eigenvalue weighted by atomic mass is 10.4. The van der Waals surface area contributed by atoms with E-state index in [0.29, 0.717) is 6.42 Å². The predicted molar refractivity (Wildman–Crippen MR) is 51.2 cm³/mol. The molecule has 2 rings (SSSR count). The lowest BCUT2D eigenvalue weighted by Crippen LogP contribution is -1.79. The van der Waals surface area contributed by atoms with Crippen molar-refractivity contribution in [3.63, 3.8) is 0 Å². The van der Waals surface area contributed by atoms with Gasteiger partial charge in [-0.25, -0.2) is 0 Å². The van der Waals surface area contributed by atoms with Crippen molar-refractivity contribution in [3.05, 3.63) is 24.3 Å². The molecule has 0 radical (unpaired) electrons. The summed E-state index contributed by atoms with van der Waals surface area (Å²) in [5, 5.41) is -0.238. The molecule has 2 aliphatic carbocycles. The molecular formula is C10H11ClO. The van der Waals surface area contributed by atoms with Crippen molar-refractivity contribution in [2.24, 2.45) is 0 Å². The van der Waals surface area contributed by atoms with Gasteiger partial charge < -0.3 is 0 Å². The van der Waals surface area contributed by atoms with Gasteiger partial charge in [0.25, 0.3) is 0 Å². The summed E-state index contributed by atoms with van der Waals surface area (Å²) in [7, 11) is 0. The Labute approximate surface area is 77.4 Å². The van der Waals surface area contributed by atoms with Crippen LogP contribution in [0.4, 0.5) is 0 Å². The van der Waals surface area contributed by atoms with Crippen molar-refractivity contribution in [1.29, 1.82) is 0 Å². The third-order valence-corrected chi connectivity index (χ3v) is 1.75. The molecule has 2 heteroatoms. The number of hydrogen-bond acceptors (Lipinski definition) is 1. The number of halogens is 1. The van der Waals surface area contributed by atoms with Crippen LogP contribution >= 0.6 is 11.6 Å². The number of hydrogen-bond donors (Lipinski definition) is 0. The van der Waals surface area contributed by atoms with E-state index in [4.69, 9.17) is 11.6 Å². The number of carbonyl (C=O) groups excluding carboxylic acids is 1. The summed E-state index contributed by atoms with van der Waals surface area (Å²) in [6.07, 6.45) is 1.35. The summed E-state index contributed by atoms with van der Waals surface area (Å²) in [5.74, 6) is 0. The fourth-order valence-electron chi connectivity index (χ4n) is 0.872. The van der Waals surface area contributed by atoms with Crippen molar-refractivity contribution in [2.75, 3.05) is 0 Å². The minimum Gasteiger partial charge on any atom is -0.281 e. The monoisotopic (exact) mass is 182 g/mol. The van der Waals surface area contributed by atoms with Crippen LogP contribution < -0.4 is 0 Å². The molecule has 0 aromatic heterocycles. The lowest BCUT2D eigenvalue weighted by molar-refractivity contribution is -0.111. The van der Waals surface area contributed by atoms with Crippen molar-refractivity contribution >= 4 is 16.8 Å². The standard InChI is InChI=1S/C6H4.C4H7ClO/c1-2-5-4-6(5)3-1;1-2-3-4(5)6/h1-4H;2-3H2,1H3. The van der Waals surface area contributed by atoms with E-state index in [1.165, 1.54) is 11.1 Å². The maximum absolute atomic E-state index is 9.81. The first-order chi connectivity index (χ1) is 5.74. The molecule has 12 heavy (non-hydrogen) atoms. The normalized spacial score (nSPS) is 9.83. The molecule has 1 nitrogen and oxygen atoms in total. The topological polar surface area (TPSA) is 17.1 Å². The fourth-order valence-corrected chi connectivity index (χ4v) is 1.06. The summed E-state index contributed by atoms with van der Waals surface area (Å²) in [6, 6.07) is 8.48. The first-order valence-corrected chi connectivity index (χ1v) is 4.40. The zero-order chi connectivity index (χ0) is 8.97. The Morgan fingerprint density at radius 2 is 2.00 bits per heavy atom.